The van der Waals surface area contributed by atoms with Crippen LogP contribution in [0.1, 0.15) is 15.9 Å². The predicted molar refractivity (Wildman–Crippen MR) is 78.2 cm³/mol. The third-order valence-electron chi connectivity index (χ3n) is 2.55. The lowest BCUT2D eigenvalue weighted by atomic mass is 10.1. The van der Waals surface area contributed by atoms with Crippen molar-refractivity contribution in [2.45, 2.75) is 0 Å². The van der Waals surface area contributed by atoms with E-state index in [1.54, 1.807) is 36.4 Å². The normalized spacial score (nSPS) is 9.68. The van der Waals surface area contributed by atoms with Crippen molar-refractivity contribution in [3.63, 3.8) is 0 Å². The van der Waals surface area contributed by atoms with Crippen molar-refractivity contribution in [2.24, 2.45) is 0 Å². The van der Waals surface area contributed by atoms with E-state index < -0.39 is 0 Å². The second-order valence-corrected chi connectivity index (χ2v) is 4.32. The van der Waals surface area contributed by atoms with Gasteiger partial charge in [-0.05, 0) is 36.4 Å². The zero-order valence-corrected chi connectivity index (χ0v) is 10.7. The minimum atomic E-state index is -0.268. The maximum absolute atomic E-state index is 12.0. The van der Waals surface area contributed by atoms with E-state index in [0.717, 1.165) is 0 Å². The van der Waals surface area contributed by atoms with Crippen molar-refractivity contribution in [2.75, 3.05) is 11.1 Å². The van der Waals surface area contributed by atoms with Gasteiger partial charge in [0.05, 0.1) is 10.7 Å². The lowest BCUT2D eigenvalue weighted by Crippen LogP contribution is -2.12. The van der Waals surface area contributed by atoms with Crippen LogP contribution in [-0.2, 0) is 0 Å². The number of hydrogen-bond acceptors (Lipinski definition) is 2. The van der Waals surface area contributed by atoms with Crippen molar-refractivity contribution >= 4 is 28.9 Å². The highest BCUT2D eigenvalue weighted by Gasteiger charge is 2.08. The number of benzene rings is 2. The fourth-order valence-electron chi connectivity index (χ4n) is 1.56. The first-order valence-electron chi connectivity index (χ1n) is 5.53. The van der Waals surface area contributed by atoms with E-state index in [1.807, 2.05) is 0 Å². The standard InChI is InChI=1S/C15H11ClN2O/c1-2-10-4-3-5-12(8-10)18-15(19)11-6-7-14(17)13(16)9-11/h1,3-9H,17H2,(H,18,19). The Morgan fingerprint density at radius 2 is 2.05 bits per heavy atom. The number of hydrogen-bond donors (Lipinski definition) is 2. The first kappa shape index (κ1) is 13.0. The highest BCUT2D eigenvalue weighted by molar-refractivity contribution is 6.33. The highest BCUT2D eigenvalue weighted by atomic mass is 35.5. The molecule has 0 radical (unpaired) electrons. The number of nitrogens with two attached hydrogens (primary N) is 1. The maximum Gasteiger partial charge on any atom is 0.255 e. The minimum absolute atomic E-state index is 0.268. The second-order valence-electron chi connectivity index (χ2n) is 3.92. The van der Waals surface area contributed by atoms with Crippen LogP contribution in [0, 0.1) is 12.3 Å². The number of terminal acetylenes is 1. The molecular weight excluding hydrogens is 260 g/mol. The van der Waals surface area contributed by atoms with Gasteiger partial charge in [0.25, 0.3) is 5.91 Å². The molecule has 3 N–H and O–H groups in total. The van der Waals surface area contributed by atoms with Crippen LogP contribution in [0.25, 0.3) is 0 Å². The number of carbonyl (C=O) groups excluding carboxylic acids is 1. The molecule has 2 aromatic carbocycles. The average molecular weight is 271 g/mol. The van der Waals surface area contributed by atoms with Crippen molar-refractivity contribution < 1.29 is 4.79 Å². The zero-order chi connectivity index (χ0) is 13.8. The van der Waals surface area contributed by atoms with Crippen LogP contribution >= 0.6 is 11.6 Å². The summed E-state index contributed by atoms with van der Waals surface area (Å²) in [5, 5.41) is 3.10. The quantitative estimate of drug-likeness (QED) is 0.651. The van der Waals surface area contributed by atoms with E-state index in [-0.39, 0.29) is 5.91 Å². The van der Waals surface area contributed by atoms with Crippen LogP contribution in [-0.4, -0.2) is 5.91 Å². The lowest BCUT2D eigenvalue weighted by Gasteiger charge is -2.07. The van der Waals surface area contributed by atoms with Crippen molar-refractivity contribution in [3.8, 4) is 12.3 Å². The van der Waals surface area contributed by atoms with Gasteiger partial charge in [0.2, 0.25) is 0 Å². The molecule has 2 rings (SSSR count). The first-order valence-corrected chi connectivity index (χ1v) is 5.91. The topological polar surface area (TPSA) is 55.1 Å². The molecular formula is C15H11ClN2O. The van der Waals surface area contributed by atoms with Gasteiger partial charge < -0.3 is 11.1 Å². The second kappa shape index (κ2) is 5.47. The van der Waals surface area contributed by atoms with Gasteiger partial charge in [0, 0.05) is 16.8 Å². The van der Waals surface area contributed by atoms with E-state index in [9.17, 15) is 4.79 Å². The summed E-state index contributed by atoms with van der Waals surface area (Å²) in [6.45, 7) is 0. The third-order valence-corrected chi connectivity index (χ3v) is 2.88. The molecule has 0 fully saturated rings. The number of nitrogens with one attached hydrogen (secondary N) is 1. The monoisotopic (exact) mass is 270 g/mol. The Balaban J connectivity index is 2.21. The van der Waals surface area contributed by atoms with Gasteiger partial charge in [-0.3, -0.25) is 4.79 Å². The summed E-state index contributed by atoms with van der Waals surface area (Å²) < 4.78 is 0. The predicted octanol–water partition coefficient (Wildman–Crippen LogP) is 3.16. The number of nitrogen functional groups attached to an aromatic ring is 1. The smallest absolute Gasteiger partial charge is 0.255 e. The number of halogens is 1. The summed E-state index contributed by atoms with van der Waals surface area (Å²) in [4.78, 5) is 12.0. The van der Waals surface area contributed by atoms with Gasteiger partial charge in [-0.2, -0.15) is 0 Å². The summed E-state index contributed by atoms with van der Waals surface area (Å²) in [6.07, 6.45) is 5.30. The number of rotatable bonds is 2. The van der Waals surface area contributed by atoms with Crippen LogP contribution in [0.2, 0.25) is 5.02 Å². The van der Waals surface area contributed by atoms with Gasteiger partial charge in [-0.15, -0.1) is 6.42 Å². The molecule has 3 nitrogen and oxygen atoms in total. The molecule has 1 amide bonds. The Morgan fingerprint density at radius 3 is 2.74 bits per heavy atom. The summed E-state index contributed by atoms with van der Waals surface area (Å²) in [5.74, 6) is 2.24. The number of anilines is 2. The van der Waals surface area contributed by atoms with Crippen LogP contribution in [0.3, 0.4) is 0 Å². The van der Waals surface area contributed by atoms with Crippen LogP contribution in [0.15, 0.2) is 42.5 Å². The first-order chi connectivity index (χ1) is 9.10. The van der Waals surface area contributed by atoms with Crippen molar-refractivity contribution in [1.82, 2.24) is 0 Å². The Morgan fingerprint density at radius 1 is 1.26 bits per heavy atom. The molecule has 0 aliphatic carbocycles. The molecule has 0 heterocycles. The largest absolute Gasteiger partial charge is 0.398 e. The molecule has 19 heavy (non-hydrogen) atoms. The molecule has 0 bridgehead atoms. The fourth-order valence-corrected chi connectivity index (χ4v) is 1.74. The molecule has 0 spiro atoms. The van der Waals surface area contributed by atoms with Gasteiger partial charge in [-0.1, -0.05) is 23.6 Å². The Labute approximate surface area is 116 Å². The molecule has 0 aliphatic heterocycles. The number of amides is 1. The summed E-state index contributed by atoms with van der Waals surface area (Å²) in [5.41, 5.74) is 7.80. The van der Waals surface area contributed by atoms with E-state index >= 15 is 0 Å². The molecule has 0 aromatic heterocycles. The fraction of sp³-hybridized carbons (Fsp3) is 0. The molecule has 0 saturated carbocycles. The molecule has 2 aromatic rings. The Hall–Kier alpha value is -2.44. The van der Waals surface area contributed by atoms with Crippen LogP contribution in [0.4, 0.5) is 11.4 Å². The van der Waals surface area contributed by atoms with Crippen LogP contribution in [0.5, 0.6) is 0 Å². The molecule has 0 unspecified atom stereocenters. The SMILES string of the molecule is C#Cc1cccc(NC(=O)c2ccc(N)c(Cl)c2)c1. The van der Waals surface area contributed by atoms with E-state index in [4.69, 9.17) is 23.8 Å². The molecule has 0 saturated heterocycles. The summed E-state index contributed by atoms with van der Waals surface area (Å²) >= 11 is 5.88. The van der Waals surface area contributed by atoms with E-state index in [0.29, 0.717) is 27.5 Å². The maximum atomic E-state index is 12.0. The molecule has 4 heteroatoms. The van der Waals surface area contributed by atoms with Gasteiger partial charge >= 0.3 is 0 Å². The van der Waals surface area contributed by atoms with Crippen molar-refractivity contribution in [3.05, 3.63) is 58.6 Å². The van der Waals surface area contributed by atoms with Gasteiger partial charge in [-0.25, -0.2) is 0 Å². The summed E-state index contributed by atoms with van der Waals surface area (Å²) in [6, 6.07) is 11.8. The average Bonchev–Trinajstić information content (AvgIpc) is 2.42. The molecule has 0 atom stereocenters. The van der Waals surface area contributed by atoms with E-state index in [2.05, 4.69) is 11.2 Å². The number of carbonyl (C=O) groups is 1. The third kappa shape index (κ3) is 3.06. The van der Waals surface area contributed by atoms with Gasteiger partial charge in [0.15, 0.2) is 0 Å². The Kier molecular flexibility index (Phi) is 3.74. The van der Waals surface area contributed by atoms with Gasteiger partial charge in [0.1, 0.15) is 0 Å². The summed E-state index contributed by atoms with van der Waals surface area (Å²) in [7, 11) is 0. The van der Waals surface area contributed by atoms with Crippen molar-refractivity contribution in [1.29, 1.82) is 0 Å². The zero-order valence-electron chi connectivity index (χ0n) is 9.98. The minimum Gasteiger partial charge on any atom is -0.398 e. The molecule has 0 aliphatic rings. The Bertz CT molecular complexity index is 674. The lowest BCUT2D eigenvalue weighted by molar-refractivity contribution is 0.102. The van der Waals surface area contributed by atoms with E-state index in [1.165, 1.54) is 6.07 Å². The molecule has 94 valence electrons. The highest BCUT2D eigenvalue weighted by Crippen LogP contribution is 2.20. The van der Waals surface area contributed by atoms with Crippen LogP contribution < -0.4 is 11.1 Å².